The van der Waals surface area contributed by atoms with E-state index in [0.29, 0.717) is 9.60 Å². The number of thiazole rings is 1. The summed E-state index contributed by atoms with van der Waals surface area (Å²) in [5.41, 5.74) is 0.833. The van der Waals surface area contributed by atoms with Crippen LogP contribution < -0.4 is 10.0 Å². The van der Waals surface area contributed by atoms with E-state index >= 15 is 0 Å². The van der Waals surface area contributed by atoms with Crippen molar-refractivity contribution in [2.45, 2.75) is 24.1 Å². The van der Waals surface area contributed by atoms with Gasteiger partial charge in [-0.1, -0.05) is 6.92 Å². The number of sulfonamides is 1. The van der Waals surface area contributed by atoms with Crippen LogP contribution in [0, 0.1) is 0 Å². The van der Waals surface area contributed by atoms with Crippen molar-refractivity contribution in [3.63, 3.8) is 0 Å². The highest BCUT2D eigenvalue weighted by atomic mass is 79.9. The summed E-state index contributed by atoms with van der Waals surface area (Å²) in [7, 11) is -3.58. The molecule has 0 aliphatic heterocycles. The van der Waals surface area contributed by atoms with E-state index < -0.39 is 10.0 Å². The number of hydrogen-bond donors (Lipinski definition) is 2. The highest BCUT2D eigenvalue weighted by Gasteiger charge is 2.21. The fourth-order valence-electron chi connectivity index (χ4n) is 1.58. The quantitative estimate of drug-likeness (QED) is 0.785. The second-order valence-corrected chi connectivity index (χ2v) is 8.52. The highest BCUT2D eigenvalue weighted by Crippen LogP contribution is 2.30. The summed E-state index contributed by atoms with van der Waals surface area (Å²) in [6.07, 6.45) is 0. The smallest absolute Gasteiger partial charge is 0.274 e. The van der Waals surface area contributed by atoms with Gasteiger partial charge in [0.2, 0.25) is 0 Å². The first kappa shape index (κ1) is 15.9. The lowest BCUT2D eigenvalue weighted by Crippen LogP contribution is -2.18. The van der Waals surface area contributed by atoms with Crippen LogP contribution in [0.3, 0.4) is 0 Å². The van der Waals surface area contributed by atoms with Gasteiger partial charge >= 0.3 is 0 Å². The maximum atomic E-state index is 12.2. The van der Waals surface area contributed by atoms with E-state index in [0.717, 1.165) is 23.6 Å². The molecule has 0 spiro atoms. The van der Waals surface area contributed by atoms with E-state index in [-0.39, 0.29) is 10.3 Å². The molecule has 0 radical (unpaired) electrons. The predicted octanol–water partition coefficient (Wildman–Crippen LogP) is 3.44. The second-order valence-electron chi connectivity index (χ2n) is 4.02. The molecule has 2 aromatic rings. The summed E-state index contributed by atoms with van der Waals surface area (Å²) in [6.45, 7) is 4.84. The fourth-order valence-corrected chi connectivity index (χ4v) is 5.97. The molecule has 0 saturated carbocycles. The molecular formula is C11H14BrN3O2S3. The van der Waals surface area contributed by atoms with Crippen molar-refractivity contribution in [2.75, 3.05) is 11.3 Å². The molecule has 0 amide bonds. The molecule has 0 bridgehead atoms. The second kappa shape index (κ2) is 6.52. The number of rotatable bonds is 6. The van der Waals surface area contributed by atoms with Crippen molar-refractivity contribution in [2.24, 2.45) is 0 Å². The summed E-state index contributed by atoms with van der Waals surface area (Å²) in [5, 5.41) is 7.19. The molecule has 110 valence electrons. The molecule has 0 fully saturated rings. The Balaban J connectivity index is 2.17. The summed E-state index contributed by atoms with van der Waals surface area (Å²) in [6, 6.07) is 1.81. The Hall–Kier alpha value is -0.480. The number of aromatic nitrogens is 1. The standard InChI is InChI=1S/C11H14BrN3O2S3/c1-3-13-7(2)9-6-19-11(14-9)15-20(16,17)10-8(12)4-5-18-10/h4-7,13H,3H2,1-2H3,(H,14,15). The minimum Gasteiger partial charge on any atom is -0.309 e. The first-order valence-corrected chi connectivity index (χ1v) is 9.92. The van der Waals surface area contributed by atoms with Gasteiger partial charge in [-0.2, -0.15) is 0 Å². The Morgan fingerprint density at radius 2 is 2.20 bits per heavy atom. The lowest BCUT2D eigenvalue weighted by atomic mass is 10.3. The molecular weight excluding hydrogens is 382 g/mol. The van der Waals surface area contributed by atoms with Gasteiger partial charge in [0.05, 0.1) is 5.69 Å². The van der Waals surface area contributed by atoms with Crippen LogP contribution in [0.5, 0.6) is 0 Å². The minimum absolute atomic E-state index is 0.1000. The molecule has 9 heteroatoms. The van der Waals surface area contributed by atoms with E-state index in [2.05, 4.69) is 31.0 Å². The van der Waals surface area contributed by atoms with Crippen LogP contribution in [-0.2, 0) is 10.0 Å². The topological polar surface area (TPSA) is 71.1 Å². The number of thiophene rings is 1. The molecule has 5 nitrogen and oxygen atoms in total. The SMILES string of the molecule is CCNC(C)c1csc(NS(=O)(=O)c2sccc2Br)n1. The third kappa shape index (κ3) is 3.59. The average molecular weight is 396 g/mol. The molecule has 20 heavy (non-hydrogen) atoms. The van der Waals surface area contributed by atoms with Gasteiger partial charge in [0.15, 0.2) is 9.34 Å². The van der Waals surface area contributed by atoms with E-state index in [1.54, 1.807) is 11.4 Å². The van der Waals surface area contributed by atoms with Gasteiger partial charge in [-0.3, -0.25) is 4.72 Å². The van der Waals surface area contributed by atoms with Crippen LogP contribution in [0.15, 0.2) is 25.5 Å². The van der Waals surface area contributed by atoms with Gasteiger partial charge in [0.1, 0.15) is 0 Å². The average Bonchev–Trinajstić information content (AvgIpc) is 2.98. The number of nitrogens with zero attached hydrogens (tertiary/aromatic N) is 1. The molecule has 0 saturated heterocycles. The third-order valence-electron chi connectivity index (χ3n) is 2.53. The van der Waals surface area contributed by atoms with Crippen LogP contribution in [0.4, 0.5) is 5.13 Å². The Morgan fingerprint density at radius 1 is 1.45 bits per heavy atom. The monoisotopic (exact) mass is 395 g/mol. The molecule has 0 aromatic carbocycles. The zero-order chi connectivity index (χ0) is 14.8. The van der Waals surface area contributed by atoms with Crippen LogP contribution in [-0.4, -0.2) is 19.9 Å². The predicted molar refractivity (Wildman–Crippen MR) is 87.0 cm³/mol. The van der Waals surface area contributed by atoms with Crippen molar-refractivity contribution in [1.82, 2.24) is 10.3 Å². The molecule has 0 aliphatic rings. The van der Waals surface area contributed by atoms with E-state index in [1.807, 2.05) is 19.2 Å². The maximum absolute atomic E-state index is 12.2. The van der Waals surface area contributed by atoms with Gasteiger partial charge in [0.25, 0.3) is 10.0 Å². The van der Waals surface area contributed by atoms with Gasteiger partial charge < -0.3 is 5.32 Å². The van der Waals surface area contributed by atoms with Gasteiger partial charge in [-0.15, -0.1) is 22.7 Å². The molecule has 2 rings (SSSR count). The maximum Gasteiger partial charge on any atom is 0.274 e. The Labute approximate surface area is 134 Å². The normalized spacial score (nSPS) is 13.3. The van der Waals surface area contributed by atoms with Crippen LogP contribution in [0.1, 0.15) is 25.6 Å². The van der Waals surface area contributed by atoms with Crippen LogP contribution in [0.2, 0.25) is 0 Å². The third-order valence-corrected chi connectivity index (χ3v) is 7.44. The summed E-state index contributed by atoms with van der Waals surface area (Å²) < 4.78 is 27.7. The Morgan fingerprint density at radius 3 is 2.80 bits per heavy atom. The minimum atomic E-state index is -3.58. The van der Waals surface area contributed by atoms with E-state index in [9.17, 15) is 8.42 Å². The van der Waals surface area contributed by atoms with Crippen molar-refractivity contribution in [3.8, 4) is 0 Å². The van der Waals surface area contributed by atoms with Crippen LogP contribution in [0.25, 0.3) is 0 Å². The highest BCUT2D eigenvalue weighted by molar-refractivity contribution is 9.10. The summed E-state index contributed by atoms with van der Waals surface area (Å²) in [5.74, 6) is 0. The number of hydrogen-bond acceptors (Lipinski definition) is 6. The largest absolute Gasteiger partial charge is 0.309 e. The van der Waals surface area contributed by atoms with Gasteiger partial charge in [0, 0.05) is 15.9 Å². The summed E-state index contributed by atoms with van der Waals surface area (Å²) in [4.78, 5) is 4.31. The Kier molecular flexibility index (Phi) is 5.19. The van der Waals surface area contributed by atoms with Crippen molar-refractivity contribution >= 4 is 53.8 Å². The van der Waals surface area contributed by atoms with Crippen molar-refractivity contribution in [1.29, 1.82) is 0 Å². The molecule has 2 heterocycles. The zero-order valence-corrected chi connectivity index (χ0v) is 14.9. The fraction of sp³-hybridized carbons (Fsp3) is 0.364. The molecule has 1 unspecified atom stereocenters. The zero-order valence-electron chi connectivity index (χ0n) is 10.9. The van der Waals surface area contributed by atoms with Crippen molar-refractivity contribution in [3.05, 3.63) is 27.0 Å². The van der Waals surface area contributed by atoms with Gasteiger partial charge in [-0.05, 0) is 40.8 Å². The van der Waals surface area contributed by atoms with E-state index in [1.165, 1.54) is 11.3 Å². The van der Waals surface area contributed by atoms with Gasteiger partial charge in [-0.25, -0.2) is 13.4 Å². The molecule has 2 N–H and O–H groups in total. The number of halogens is 1. The molecule has 1 atom stereocenters. The van der Waals surface area contributed by atoms with Crippen LogP contribution >= 0.6 is 38.6 Å². The number of anilines is 1. The Bertz CT molecular complexity index is 681. The van der Waals surface area contributed by atoms with Crippen molar-refractivity contribution < 1.29 is 8.42 Å². The lowest BCUT2D eigenvalue weighted by Gasteiger charge is -2.08. The molecule has 0 aliphatic carbocycles. The lowest BCUT2D eigenvalue weighted by molar-refractivity contribution is 0.586. The first-order chi connectivity index (χ1) is 9.44. The number of nitrogens with one attached hydrogen (secondary N) is 2. The van der Waals surface area contributed by atoms with E-state index in [4.69, 9.17) is 0 Å². The molecule has 2 aromatic heterocycles. The summed E-state index contributed by atoms with van der Waals surface area (Å²) >= 11 is 5.67. The first-order valence-electron chi connectivity index (χ1n) is 5.88.